The number of rotatable bonds is 5. The van der Waals surface area contributed by atoms with Gasteiger partial charge in [0.25, 0.3) is 0 Å². The molecule has 0 heterocycles. The summed E-state index contributed by atoms with van der Waals surface area (Å²) in [5, 5.41) is 8.66. The summed E-state index contributed by atoms with van der Waals surface area (Å²) >= 11 is 0. The van der Waals surface area contributed by atoms with Crippen LogP contribution in [-0.2, 0) is 0 Å². The van der Waals surface area contributed by atoms with Crippen LogP contribution in [-0.4, -0.2) is 30.6 Å². The molecule has 0 aromatic rings. The summed E-state index contributed by atoms with van der Waals surface area (Å²) in [5.74, 6) is 0.519. The summed E-state index contributed by atoms with van der Waals surface area (Å²) in [5.41, 5.74) is 5.90. The van der Waals surface area contributed by atoms with Crippen molar-refractivity contribution in [1.29, 1.82) is 5.26 Å². The van der Waals surface area contributed by atoms with Gasteiger partial charge in [-0.15, -0.1) is 0 Å². The highest BCUT2D eigenvalue weighted by atomic mass is 15.1. The number of hydrogen-bond donors (Lipinski definition) is 1. The Kier molecular flexibility index (Phi) is 5.68. The predicted octanol–water partition coefficient (Wildman–Crippen LogP) is 1.20. The summed E-state index contributed by atoms with van der Waals surface area (Å²) in [6, 6.07) is 2.43. The first-order valence-electron chi connectivity index (χ1n) is 4.84. The zero-order valence-corrected chi connectivity index (χ0v) is 9.12. The van der Waals surface area contributed by atoms with Gasteiger partial charge < -0.3 is 5.73 Å². The van der Waals surface area contributed by atoms with Crippen LogP contribution in [0.3, 0.4) is 0 Å². The molecular weight excluding hydrogens is 162 g/mol. The first-order chi connectivity index (χ1) is 5.99. The van der Waals surface area contributed by atoms with E-state index in [2.05, 4.69) is 19.9 Å². The largest absolute Gasteiger partial charge is 0.327 e. The van der Waals surface area contributed by atoms with Gasteiger partial charge in [0.15, 0.2) is 0 Å². The van der Waals surface area contributed by atoms with E-state index in [4.69, 9.17) is 11.0 Å². The molecule has 0 radical (unpaired) electrons. The molecule has 2 unspecified atom stereocenters. The van der Waals surface area contributed by atoms with Gasteiger partial charge in [-0.05, 0) is 26.3 Å². The van der Waals surface area contributed by atoms with E-state index >= 15 is 0 Å². The number of nitrogens with zero attached hydrogens (tertiary/aromatic N) is 2. The molecule has 0 saturated heterocycles. The molecular formula is C10H21N3. The molecule has 0 bridgehead atoms. The summed E-state index contributed by atoms with van der Waals surface area (Å²) in [6.07, 6.45) is 0.959. The van der Waals surface area contributed by atoms with E-state index in [0.29, 0.717) is 5.92 Å². The van der Waals surface area contributed by atoms with Crippen LogP contribution in [0, 0.1) is 17.2 Å². The smallest absolute Gasteiger partial charge is 0.0946 e. The van der Waals surface area contributed by atoms with Gasteiger partial charge in [-0.3, -0.25) is 4.90 Å². The maximum absolute atomic E-state index is 8.66. The van der Waals surface area contributed by atoms with E-state index in [-0.39, 0.29) is 12.1 Å². The second-order valence-corrected chi connectivity index (χ2v) is 3.98. The Bertz CT molecular complexity index is 171. The lowest BCUT2D eigenvalue weighted by molar-refractivity contribution is 0.277. The third-order valence-electron chi connectivity index (χ3n) is 2.52. The van der Waals surface area contributed by atoms with Crippen LogP contribution in [0.25, 0.3) is 0 Å². The van der Waals surface area contributed by atoms with Crippen molar-refractivity contribution in [2.24, 2.45) is 11.7 Å². The maximum atomic E-state index is 8.66. The molecule has 0 aromatic carbocycles. The van der Waals surface area contributed by atoms with Crippen LogP contribution >= 0.6 is 0 Å². The van der Waals surface area contributed by atoms with E-state index in [1.165, 1.54) is 0 Å². The molecule has 0 aliphatic carbocycles. The molecule has 0 fully saturated rings. The first-order valence-corrected chi connectivity index (χ1v) is 4.84. The van der Waals surface area contributed by atoms with Crippen LogP contribution in [0.15, 0.2) is 0 Å². The Morgan fingerprint density at radius 2 is 1.92 bits per heavy atom. The molecule has 76 valence electrons. The van der Waals surface area contributed by atoms with Crippen molar-refractivity contribution in [3.8, 4) is 6.07 Å². The van der Waals surface area contributed by atoms with Crippen LogP contribution in [0.4, 0.5) is 0 Å². The molecule has 0 saturated carbocycles. The van der Waals surface area contributed by atoms with Crippen molar-refractivity contribution < 1.29 is 0 Å². The molecule has 13 heavy (non-hydrogen) atoms. The lowest BCUT2D eigenvalue weighted by Crippen LogP contribution is -2.35. The van der Waals surface area contributed by atoms with Crippen LogP contribution in [0.2, 0.25) is 0 Å². The minimum atomic E-state index is -0.0145. The van der Waals surface area contributed by atoms with Crippen LogP contribution in [0.5, 0.6) is 0 Å². The first kappa shape index (κ1) is 12.4. The van der Waals surface area contributed by atoms with Gasteiger partial charge >= 0.3 is 0 Å². The third kappa shape index (κ3) is 4.87. The van der Waals surface area contributed by atoms with E-state index in [0.717, 1.165) is 13.0 Å². The van der Waals surface area contributed by atoms with Gasteiger partial charge in [-0.2, -0.15) is 5.26 Å². The zero-order chi connectivity index (χ0) is 10.4. The van der Waals surface area contributed by atoms with Crippen LogP contribution < -0.4 is 5.73 Å². The van der Waals surface area contributed by atoms with Gasteiger partial charge in [-0.25, -0.2) is 0 Å². The zero-order valence-electron chi connectivity index (χ0n) is 9.12. The molecule has 0 aromatic heterocycles. The fourth-order valence-electron chi connectivity index (χ4n) is 0.978. The highest BCUT2D eigenvalue weighted by molar-refractivity contribution is 4.86. The maximum Gasteiger partial charge on any atom is 0.0946 e. The van der Waals surface area contributed by atoms with Crippen molar-refractivity contribution in [2.45, 2.75) is 39.3 Å². The number of hydrogen-bond acceptors (Lipinski definition) is 3. The fraction of sp³-hybridized carbons (Fsp3) is 0.900. The fourth-order valence-corrected chi connectivity index (χ4v) is 0.978. The van der Waals surface area contributed by atoms with E-state index in [1.54, 1.807) is 0 Å². The van der Waals surface area contributed by atoms with Gasteiger partial charge in [0.1, 0.15) is 0 Å². The summed E-state index contributed by atoms with van der Waals surface area (Å²) in [6.45, 7) is 7.05. The summed E-state index contributed by atoms with van der Waals surface area (Å²) in [4.78, 5) is 2.03. The highest BCUT2D eigenvalue weighted by Crippen LogP contribution is 2.04. The third-order valence-corrected chi connectivity index (χ3v) is 2.52. The summed E-state index contributed by atoms with van der Waals surface area (Å²) < 4.78 is 0. The van der Waals surface area contributed by atoms with Crippen molar-refractivity contribution in [3.63, 3.8) is 0 Å². The Hall–Kier alpha value is -0.590. The minimum Gasteiger partial charge on any atom is -0.327 e. The van der Waals surface area contributed by atoms with Gasteiger partial charge in [0.05, 0.1) is 12.1 Å². The standard InChI is InChI=1S/C10H21N3/c1-8(2)10(12)5-6-13(4)9(3)7-11/h8-10H,5-6,12H2,1-4H3. The van der Waals surface area contributed by atoms with E-state index in [1.807, 2.05) is 18.9 Å². The van der Waals surface area contributed by atoms with Gasteiger partial charge in [0.2, 0.25) is 0 Å². The molecule has 0 aliphatic rings. The van der Waals surface area contributed by atoms with Crippen LogP contribution in [0.1, 0.15) is 27.2 Å². The quantitative estimate of drug-likeness (QED) is 0.697. The van der Waals surface area contributed by atoms with E-state index in [9.17, 15) is 0 Å². The van der Waals surface area contributed by atoms with E-state index < -0.39 is 0 Å². The second kappa shape index (κ2) is 5.95. The molecule has 0 aliphatic heterocycles. The average Bonchev–Trinajstić information content (AvgIpc) is 2.11. The highest BCUT2D eigenvalue weighted by Gasteiger charge is 2.11. The molecule has 3 heteroatoms. The molecule has 3 nitrogen and oxygen atoms in total. The Balaban J connectivity index is 3.71. The lowest BCUT2D eigenvalue weighted by atomic mass is 10.0. The number of nitriles is 1. The monoisotopic (exact) mass is 183 g/mol. The SMILES string of the molecule is CC(C)C(N)CCN(C)C(C)C#N. The minimum absolute atomic E-state index is 0.0145. The van der Waals surface area contributed by atoms with Gasteiger partial charge in [0, 0.05) is 12.6 Å². The topological polar surface area (TPSA) is 53.0 Å². The summed E-state index contributed by atoms with van der Waals surface area (Å²) in [7, 11) is 1.96. The second-order valence-electron chi connectivity index (χ2n) is 3.98. The Morgan fingerprint density at radius 3 is 2.31 bits per heavy atom. The Morgan fingerprint density at radius 1 is 1.38 bits per heavy atom. The molecule has 2 atom stereocenters. The molecule has 0 amide bonds. The van der Waals surface area contributed by atoms with Crippen molar-refractivity contribution >= 4 is 0 Å². The van der Waals surface area contributed by atoms with Crippen molar-refractivity contribution in [1.82, 2.24) is 4.90 Å². The molecule has 2 N–H and O–H groups in total. The Labute approximate surface area is 81.5 Å². The normalized spacial score (nSPS) is 15.8. The lowest BCUT2D eigenvalue weighted by Gasteiger charge is -2.22. The average molecular weight is 183 g/mol. The van der Waals surface area contributed by atoms with Crippen molar-refractivity contribution in [2.75, 3.05) is 13.6 Å². The number of nitrogens with two attached hydrogens (primary N) is 1. The predicted molar refractivity (Wildman–Crippen MR) is 55.1 cm³/mol. The van der Waals surface area contributed by atoms with Crippen molar-refractivity contribution in [3.05, 3.63) is 0 Å². The van der Waals surface area contributed by atoms with Gasteiger partial charge in [-0.1, -0.05) is 13.8 Å². The molecule has 0 rings (SSSR count). The molecule has 0 spiro atoms.